The van der Waals surface area contributed by atoms with Crippen molar-refractivity contribution < 1.29 is 4.79 Å². The first-order chi connectivity index (χ1) is 5.98. The van der Waals surface area contributed by atoms with Gasteiger partial charge in [-0.2, -0.15) is 5.10 Å². The summed E-state index contributed by atoms with van der Waals surface area (Å²) in [5, 5.41) is 6.56. The van der Waals surface area contributed by atoms with Crippen LogP contribution in [-0.4, -0.2) is 22.7 Å². The maximum absolute atomic E-state index is 11.4. The summed E-state index contributed by atoms with van der Waals surface area (Å²) >= 11 is 0. The molecule has 1 aromatic rings. The molecule has 1 amide bonds. The zero-order valence-electron chi connectivity index (χ0n) is 8.03. The second kappa shape index (κ2) is 3.08. The number of likely N-dealkylation sites (N-methyl/N-ethyl adjacent to an activating group) is 1. The van der Waals surface area contributed by atoms with E-state index < -0.39 is 5.54 Å². The van der Waals surface area contributed by atoms with Gasteiger partial charge in [0.1, 0.15) is 11.4 Å². The van der Waals surface area contributed by atoms with Crippen LogP contribution in [0.3, 0.4) is 0 Å². The molecule has 0 aromatic carbocycles. The molecule has 3 N–H and O–H groups in total. The quantitative estimate of drug-likeness (QED) is 0.673. The maximum atomic E-state index is 11.4. The van der Waals surface area contributed by atoms with Crippen molar-refractivity contribution in [3.63, 3.8) is 0 Å². The standard InChI is InChI=1S/C8H14N4O/c1-8(2,7(13)10-3)12-5-4-6(9)11-12/h4-5H,1-3H3,(H2,9,11)(H,10,13). The van der Waals surface area contributed by atoms with Gasteiger partial charge in [-0.25, -0.2) is 0 Å². The van der Waals surface area contributed by atoms with Gasteiger partial charge in [-0.05, 0) is 19.9 Å². The maximum Gasteiger partial charge on any atom is 0.247 e. The molecular formula is C8H14N4O. The van der Waals surface area contributed by atoms with Crippen LogP contribution in [0.15, 0.2) is 12.3 Å². The van der Waals surface area contributed by atoms with E-state index in [-0.39, 0.29) is 5.91 Å². The first-order valence-electron chi connectivity index (χ1n) is 4.02. The van der Waals surface area contributed by atoms with Gasteiger partial charge in [-0.1, -0.05) is 0 Å². The summed E-state index contributed by atoms with van der Waals surface area (Å²) in [5.41, 5.74) is 4.75. The Bertz CT molecular complexity index is 316. The van der Waals surface area contributed by atoms with Crippen LogP contribution < -0.4 is 11.1 Å². The molecule has 5 heteroatoms. The van der Waals surface area contributed by atoms with Crippen LogP contribution in [0.1, 0.15) is 13.8 Å². The van der Waals surface area contributed by atoms with Crippen molar-refractivity contribution in [2.45, 2.75) is 19.4 Å². The van der Waals surface area contributed by atoms with E-state index in [4.69, 9.17) is 5.73 Å². The molecule has 0 bridgehead atoms. The van der Waals surface area contributed by atoms with Gasteiger partial charge in [0.15, 0.2) is 0 Å². The summed E-state index contributed by atoms with van der Waals surface area (Å²) in [6.07, 6.45) is 1.69. The van der Waals surface area contributed by atoms with E-state index in [9.17, 15) is 4.79 Å². The first kappa shape index (κ1) is 9.57. The number of anilines is 1. The van der Waals surface area contributed by atoms with Crippen molar-refractivity contribution in [3.05, 3.63) is 12.3 Å². The van der Waals surface area contributed by atoms with Crippen molar-refractivity contribution >= 4 is 11.7 Å². The molecule has 1 rings (SSSR count). The molecule has 0 spiro atoms. The average molecular weight is 182 g/mol. The highest BCUT2D eigenvalue weighted by molar-refractivity contribution is 5.83. The Kier molecular flexibility index (Phi) is 2.27. The summed E-state index contributed by atoms with van der Waals surface area (Å²) in [6.45, 7) is 3.55. The van der Waals surface area contributed by atoms with Crippen LogP contribution in [0.25, 0.3) is 0 Å². The Morgan fingerprint density at radius 1 is 1.69 bits per heavy atom. The molecule has 1 heterocycles. The van der Waals surface area contributed by atoms with Crippen molar-refractivity contribution in [3.8, 4) is 0 Å². The Morgan fingerprint density at radius 2 is 2.31 bits per heavy atom. The van der Waals surface area contributed by atoms with Crippen LogP contribution in [0.4, 0.5) is 5.82 Å². The van der Waals surface area contributed by atoms with Gasteiger partial charge in [0.2, 0.25) is 5.91 Å². The SMILES string of the molecule is CNC(=O)C(C)(C)n1ccc(N)n1. The molecule has 0 atom stereocenters. The minimum atomic E-state index is -0.702. The number of nitrogens with zero attached hydrogens (tertiary/aromatic N) is 2. The molecule has 13 heavy (non-hydrogen) atoms. The summed E-state index contributed by atoms with van der Waals surface area (Å²) < 4.78 is 1.54. The summed E-state index contributed by atoms with van der Waals surface area (Å²) in [5.74, 6) is 0.313. The monoisotopic (exact) mass is 182 g/mol. The Morgan fingerprint density at radius 3 is 2.69 bits per heavy atom. The number of aromatic nitrogens is 2. The summed E-state index contributed by atoms with van der Waals surface area (Å²) in [4.78, 5) is 11.4. The van der Waals surface area contributed by atoms with E-state index in [1.807, 2.05) is 0 Å². The average Bonchev–Trinajstić information content (AvgIpc) is 2.50. The third-order valence-corrected chi connectivity index (χ3v) is 1.97. The summed E-state index contributed by atoms with van der Waals surface area (Å²) in [6, 6.07) is 1.66. The number of nitrogen functional groups attached to an aromatic ring is 1. The number of nitrogens with two attached hydrogens (primary N) is 1. The summed E-state index contributed by atoms with van der Waals surface area (Å²) in [7, 11) is 1.59. The lowest BCUT2D eigenvalue weighted by Crippen LogP contribution is -2.43. The highest BCUT2D eigenvalue weighted by Gasteiger charge is 2.29. The van der Waals surface area contributed by atoms with E-state index in [0.717, 1.165) is 0 Å². The number of carbonyl (C=O) groups excluding carboxylic acids is 1. The molecule has 0 saturated heterocycles. The fraction of sp³-hybridized carbons (Fsp3) is 0.500. The zero-order chi connectivity index (χ0) is 10.1. The third kappa shape index (κ3) is 1.63. The van der Waals surface area contributed by atoms with Crippen LogP contribution in [0, 0.1) is 0 Å². The largest absolute Gasteiger partial charge is 0.382 e. The smallest absolute Gasteiger partial charge is 0.247 e. The molecule has 72 valence electrons. The van der Waals surface area contributed by atoms with Gasteiger partial charge in [0.05, 0.1) is 0 Å². The van der Waals surface area contributed by atoms with Crippen LogP contribution in [-0.2, 0) is 10.3 Å². The van der Waals surface area contributed by atoms with E-state index in [1.165, 1.54) is 0 Å². The topological polar surface area (TPSA) is 72.9 Å². The Hall–Kier alpha value is -1.52. The van der Waals surface area contributed by atoms with Crippen molar-refractivity contribution in [2.24, 2.45) is 0 Å². The van der Waals surface area contributed by atoms with Crippen LogP contribution >= 0.6 is 0 Å². The lowest BCUT2D eigenvalue weighted by molar-refractivity contribution is -0.128. The van der Waals surface area contributed by atoms with Crippen LogP contribution in [0.2, 0.25) is 0 Å². The van der Waals surface area contributed by atoms with Crippen LogP contribution in [0.5, 0.6) is 0 Å². The number of amides is 1. The molecular weight excluding hydrogens is 168 g/mol. The molecule has 1 aromatic heterocycles. The lowest BCUT2D eigenvalue weighted by Gasteiger charge is -2.22. The number of rotatable bonds is 2. The second-order valence-electron chi connectivity index (χ2n) is 3.32. The van der Waals surface area contributed by atoms with Gasteiger partial charge >= 0.3 is 0 Å². The number of nitrogens with one attached hydrogen (secondary N) is 1. The molecule has 0 aliphatic heterocycles. The van der Waals surface area contributed by atoms with E-state index >= 15 is 0 Å². The van der Waals surface area contributed by atoms with E-state index in [1.54, 1.807) is 37.8 Å². The van der Waals surface area contributed by atoms with E-state index in [0.29, 0.717) is 5.82 Å². The third-order valence-electron chi connectivity index (χ3n) is 1.97. The highest BCUT2D eigenvalue weighted by Crippen LogP contribution is 2.14. The van der Waals surface area contributed by atoms with E-state index in [2.05, 4.69) is 10.4 Å². The van der Waals surface area contributed by atoms with Crippen molar-refractivity contribution in [1.82, 2.24) is 15.1 Å². The van der Waals surface area contributed by atoms with Gasteiger partial charge in [-0.15, -0.1) is 0 Å². The minimum absolute atomic E-state index is 0.101. The lowest BCUT2D eigenvalue weighted by atomic mass is 10.1. The van der Waals surface area contributed by atoms with Gasteiger partial charge in [0.25, 0.3) is 0 Å². The molecule has 0 radical (unpaired) electrons. The number of hydrogen-bond donors (Lipinski definition) is 2. The number of hydrogen-bond acceptors (Lipinski definition) is 3. The Balaban J connectivity index is 2.99. The molecule has 0 saturated carbocycles. The zero-order valence-corrected chi connectivity index (χ0v) is 8.03. The molecule has 0 aliphatic rings. The van der Waals surface area contributed by atoms with Crippen molar-refractivity contribution in [2.75, 3.05) is 12.8 Å². The van der Waals surface area contributed by atoms with Crippen molar-refractivity contribution in [1.29, 1.82) is 0 Å². The molecule has 0 aliphatic carbocycles. The predicted octanol–water partition coefficient (Wildman–Crippen LogP) is -0.0536. The normalized spacial score (nSPS) is 11.3. The molecule has 0 unspecified atom stereocenters. The first-order valence-corrected chi connectivity index (χ1v) is 4.02. The number of carbonyl (C=O) groups is 1. The van der Waals surface area contributed by atoms with Gasteiger partial charge < -0.3 is 11.1 Å². The predicted molar refractivity (Wildman–Crippen MR) is 50.0 cm³/mol. The Labute approximate surface area is 76.9 Å². The fourth-order valence-electron chi connectivity index (χ4n) is 1.06. The molecule has 0 fully saturated rings. The molecule has 5 nitrogen and oxygen atoms in total. The highest BCUT2D eigenvalue weighted by atomic mass is 16.2. The fourth-order valence-corrected chi connectivity index (χ4v) is 1.06. The minimum Gasteiger partial charge on any atom is -0.382 e. The van der Waals surface area contributed by atoms with Gasteiger partial charge in [-0.3, -0.25) is 9.48 Å². The van der Waals surface area contributed by atoms with Gasteiger partial charge in [0, 0.05) is 13.2 Å². The second-order valence-corrected chi connectivity index (χ2v) is 3.32.